The van der Waals surface area contributed by atoms with Crippen molar-refractivity contribution in [2.24, 2.45) is 0 Å². The van der Waals surface area contributed by atoms with Gasteiger partial charge in [-0.15, -0.1) is 0 Å². The first-order chi connectivity index (χ1) is 7.11. The fraction of sp³-hybridized carbons (Fsp3) is 0.538. The van der Waals surface area contributed by atoms with E-state index in [0.717, 1.165) is 5.57 Å². The molecule has 3 nitrogen and oxygen atoms in total. The number of hydrogen-bond acceptors (Lipinski definition) is 3. The van der Waals surface area contributed by atoms with Crippen LogP contribution in [0.1, 0.15) is 41.5 Å². The zero-order valence-corrected chi connectivity index (χ0v) is 10.9. The Kier molecular flexibility index (Phi) is 5.15. The Morgan fingerprint density at radius 3 is 1.88 bits per heavy atom. The van der Waals surface area contributed by atoms with Crippen molar-refractivity contribution in [1.82, 2.24) is 0 Å². The van der Waals surface area contributed by atoms with Crippen molar-refractivity contribution in [3.05, 3.63) is 23.3 Å². The van der Waals surface area contributed by atoms with Crippen molar-refractivity contribution in [3.63, 3.8) is 0 Å². The Hall–Kier alpha value is -1.38. The highest BCUT2D eigenvalue weighted by molar-refractivity contribution is 5.91. The molecule has 0 aromatic rings. The van der Waals surface area contributed by atoms with Crippen LogP contribution in [-0.4, -0.2) is 17.4 Å². The van der Waals surface area contributed by atoms with Crippen LogP contribution in [-0.2, 0) is 14.3 Å². The zero-order chi connectivity index (χ0) is 12.9. The Bertz CT molecular complexity index is 341. The van der Waals surface area contributed by atoms with Crippen molar-refractivity contribution in [3.8, 4) is 0 Å². The summed E-state index contributed by atoms with van der Waals surface area (Å²) in [5, 5.41) is 0. The van der Waals surface area contributed by atoms with Gasteiger partial charge < -0.3 is 4.74 Å². The van der Waals surface area contributed by atoms with Gasteiger partial charge in [0, 0.05) is 5.57 Å². The number of esters is 1. The van der Waals surface area contributed by atoms with Crippen LogP contribution >= 0.6 is 0 Å². The first kappa shape index (κ1) is 14.6. The molecular formula is C13H20O3. The Labute approximate surface area is 97.2 Å². The van der Waals surface area contributed by atoms with Gasteiger partial charge in [0.1, 0.15) is 5.60 Å². The predicted molar refractivity (Wildman–Crippen MR) is 64.0 cm³/mol. The number of allylic oxidation sites excluding steroid dienone is 3. The molecule has 0 saturated heterocycles. The molecule has 0 fully saturated rings. The van der Waals surface area contributed by atoms with Crippen molar-refractivity contribution in [1.29, 1.82) is 0 Å². The Morgan fingerprint density at radius 2 is 1.50 bits per heavy atom. The fourth-order valence-electron chi connectivity index (χ4n) is 1.12. The first-order valence-electron chi connectivity index (χ1n) is 5.22. The zero-order valence-electron chi connectivity index (χ0n) is 10.9. The lowest BCUT2D eigenvalue weighted by molar-refractivity contribution is -0.149. The summed E-state index contributed by atoms with van der Waals surface area (Å²) < 4.78 is 5.19. The highest BCUT2D eigenvalue weighted by Crippen LogP contribution is 2.12. The summed E-state index contributed by atoms with van der Waals surface area (Å²) in [7, 11) is 0. The minimum Gasteiger partial charge on any atom is -0.457 e. The van der Waals surface area contributed by atoms with Crippen LogP contribution in [0, 0.1) is 0 Å². The molecule has 0 aliphatic heterocycles. The summed E-state index contributed by atoms with van der Waals surface area (Å²) in [6, 6.07) is 0. The average Bonchev–Trinajstić information content (AvgIpc) is 1.98. The number of hydrogen-bond donors (Lipinski definition) is 0. The van der Waals surface area contributed by atoms with Crippen LogP contribution in [0.4, 0.5) is 0 Å². The van der Waals surface area contributed by atoms with E-state index in [4.69, 9.17) is 4.74 Å². The highest BCUT2D eigenvalue weighted by atomic mass is 16.6. The molecule has 3 heteroatoms. The molecule has 0 atom stereocenters. The first-order valence-corrected chi connectivity index (χ1v) is 5.22. The quantitative estimate of drug-likeness (QED) is 0.420. The summed E-state index contributed by atoms with van der Waals surface area (Å²) in [6.07, 6.45) is 3.13. The topological polar surface area (TPSA) is 43.4 Å². The second kappa shape index (κ2) is 5.64. The minimum atomic E-state index is -0.496. The van der Waals surface area contributed by atoms with Gasteiger partial charge in [-0.1, -0.05) is 0 Å². The lowest BCUT2D eigenvalue weighted by atomic mass is 10.1. The molecule has 0 spiro atoms. The summed E-state index contributed by atoms with van der Waals surface area (Å²) in [4.78, 5) is 22.4. The molecule has 0 heterocycles. The molecule has 0 saturated carbocycles. The van der Waals surface area contributed by atoms with E-state index in [2.05, 4.69) is 0 Å². The van der Waals surface area contributed by atoms with Crippen LogP contribution < -0.4 is 0 Å². The lowest BCUT2D eigenvalue weighted by Crippen LogP contribution is -2.24. The molecule has 0 aromatic carbocycles. The van der Waals surface area contributed by atoms with Crippen LogP contribution in [0.5, 0.6) is 0 Å². The van der Waals surface area contributed by atoms with E-state index < -0.39 is 5.60 Å². The molecule has 0 unspecified atom stereocenters. The highest BCUT2D eigenvalue weighted by Gasteiger charge is 2.17. The van der Waals surface area contributed by atoms with Crippen molar-refractivity contribution in [2.45, 2.75) is 47.1 Å². The van der Waals surface area contributed by atoms with Gasteiger partial charge in [-0.3, -0.25) is 4.79 Å². The fourth-order valence-corrected chi connectivity index (χ4v) is 1.12. The Balaban J connectivity index is 4.68. The van der Waals surface area contributed by atoms with E-state index in [1.807, 2.05) is 20.8 Å². The van der Waals surface area contributed by atoms with Crippen LogP contribution in [0.25, 0.3) is 0 Å². The Morgan fingerprint density at radius 1 is 1.00 bits per heavy atom. The van der Waals surface area contributed by atoms with E-state index >= 15 is 0 Å². The second-order valence-electron chi connectivity index (χ2n) is 4.83. The van der Waals surface area contributed by atoms with Crippen molar-refractivity contribution < 1.29 is 14.3 Å². The largest absolute Gasteiger partial charge is 0.457 e. The third-order valence-electron chi connectivity index (χ3n) is 1.60. The number of rotatable bonds is 3. The van der Waals surface area contributed by atoms with Gasteiger partial charge in [0.2, 0.25) is 0 Å². The van der Waals surface area contributed by atoms with Gasteiger partial charge in [-0.2, -0.15) is 0 Å². The molecule has 16 heavy (non-hydrogen) atoms. The standard InChI is InChI=1S/C13H20O3/c1-9(8-11(3)14)7-10(2)12(15)16-13(4,5)6/h7-8H,1-6H3/b9-8+,10-7+. The van der Waals surface area contributed by atoms with E-state index in [1.165, 1.54) is 13.0 Å². The van der Waals surface area contributed by atoms with Crippen molar-refractivity contribution >= 4 is 11.8 Å². The third-order valence-corrected chi connectivity index (χ3v) is 1.60. The SMILES string of the molecule is CC(=O)/C=C(C)/C=C(\C)C(=O)OC(C)(C)C. The van der Waals surface area contributed by atoms with Gasteiger partial charge >= 0.3 is 5.97 Å². The van der Waals surface area contributed by atoms with Crippen LogP contribution in [0.3, 0.4) is 0 Å². The maximum Gasteiger partial charge on any atom is 0.334 e. The summed E-state index contributed by atoms with van der Waals surface area (Å²) in [5.41, 5.74) is 0.741. The van der Waals surface area contributed by atoms with Gasteiger partial charge in [0.05, 0.1) is 0 Å². The summed E-state index contributed by atoms with van der Waals surface area (Å²) in [5.74, 6) is -0.394. The number of ketones is 1. The monoisotopic (exact) mass is 224 g/mol. The molecule has 0 amide bonds. The second-order valence-corrected chi connectivity index (χ2v) is 4.83. The number of carbonyl (C=O) groups excluding carboxylic acids is 2. The third kappa shape index (κ3) is 6.98. The normalized spacial score (nSPS) is 13.6. The average molecular weight is 224 g/mol. The molecule has 0 radical (unpaired) electrons. The number of carbonyl (C=O) groups is 2. The van der Waals surface area contributed by atoms with Gasteiger partial charge in [0.25, 0.3) is 0 Å². The maximum absolute atomic E-state index is 11.6. The minimum absolute atomic E-state index is 0.0364. The van der Waals surface area contributed by atoms with Gasteiger partial charge in [-0.25, -0.2) is 4.79 Å². The molecule has 90 valence electrons. The molecule has 0 aliphatic rings. The smallest absolute Gasteiger partial charge is 0.334 e. The molecular weight excluding hydrogens is 204 g/mol. The van der Waals surface area contributed by atoms with E-state index in [0.29, 0.717) is 5.57 Å². The molecule has 0 rings (SSSR count). The van der Waals surface area contributed by atoms with Gasteiger partial charge in [-0.05, 0) is 59.3 Å². The molecule has 0 aromatic heterocycles. The lowest BCUT2D eigenvalue weighted by Gasteiger charge is -2.19. The van der Waals surface area contributed by atoms with E-state index in [9.17, 15) is 9.59 Å². The predicted octanol–water partition coefficient (Wildman–Crippen LogP) is 2.81. The summed E-state index contributed by atoms with van der Waals surface area (Å²) >= 11 is 0. The van der Waals surface area contributed by atoms with E-state index in [1.54, 1.807) is 19.9 Å². The molecule has 0 N–H and O–H groups in total. The summed E-state index contributed by atoms with van der Waals surface area (Å²) in [6.45, 7) is 10.4. The maximum atomic E-state index is 11.6. The van der Waals surface area contributed by atoms with E-state index in [-0.39, 0.29) is 11.8 Å². The number of ether oxygens (including phenoxy) is 1. The van der Waals surface area contributed by atoms with Crippen LogP contribution in [0.15, 0.2) is 23.3 Å². The van der Waals surface area contributed by atoms with Crippen LogP contribution in [0.2, 0.25) is 0 Å². The molecule has 0 bridgehead atoms. The van der Waals surface area contributed by atoms with Crippen molar-refractivity contribution in [2.75, 3.05) is 0 Å². The van der Waals surface area contributed by atoms with Gasteiger partial charge in [0.15, 0.2) is 5.78 Å². The molecule has 0 aliphatic carbocycles.